The number of benzene rings is 1. The van der Waals surface area contributed by atoms with Gasteiger partial charge in [-0.25, -0.2) is 0 Å². The first-order valence-electron chi connectivity index (χ1n) is 5.42. The summed E-state index contributed by atoms with van der Waals surface area (Å²) >= 11 is 5.73. The van der Waals surface area contributed by atoms with Crippen LogP contribution in [-0.2, 0) is 4.79 Å². The van der Waals surface area contributed by atoms with E-state index in [-0.39, 0.29) is 29.9 Å². The second-order valence-corrected chi connectivity index (χ2v) is 4.36. The standard InChI is InChI=1S/C12H14ClNO4/c13-7-4-5-11(16)8(6-7)10(15)3-1-2-9(14)12(17)18/h4-6,9,16H,1-3,14H2,(H,17,18). The highest BCUT2D eigenvalue weighted by Gasteiger charge is 2.14. The number of aromatic hydroxyl groups is 1. The zero-order chi connectivity index (χ0) is 13.7. The molecule has 0 bridgehead atoms. The highest BCUT2D eigenvalue weighted by atomic mass is 35.5. The van der Waals surface area contributed by atoms with Crippen molar-refractivity contribution in [3.63, 3.8) is 0 Å². The SMILES string of the molecule is NC(CCCC(=O)c1cc(Cl)ccc1O)C(=O)O. The number of nitrogens with two attached hydrogens (primary N) is 1. The second kappa shape index (κ2) is 6.37. The molecule has 1 aromatic carbocycles. The van der Waals surface area contributed by atoms with Crippen molar-refractivity contribution in [3.05, 3.63) is 28.8 Å². The number of hydrogen-bond donors (Lipinski definition) is 3. The van der Waals surface area contributed by atoms with Crippen LogP contribution in [0.25, 0.3) is 0 Å². The Morgan fingerprint density at radius 2 is 2.06 bits per heavy atom. The molecule has 0 heterocycles. The molecule has 18 heavy (non-hydrogen) atoms. The van der Waals surface area contributed by atoms with Crippen molar-refractivity contribution in [3.8, 4) is 5.75 Å². The Bertz CT molecular complexity index is 461. The number of phenols is 1. The van der Waals surface area contributed by atoms with Gasteiger partial charge in [-0.05, 0) is 31.0 Å². The van der Waals surface area contributed by atoms with Gasteiger partial charge in [-0.15, -0.1) is 0 Å². The molecule has 0 aromatic heterocycles. The Morgan fingerprint density at radius 1 is 1.39 bits per heavy atom. The van der Waals surface area contributed by atoms with Crippen molar-refractivity contribution >= 4 is 23.4 Å². The quantitative estimate of drug-likeness (QED) is 0.685. The van der Waals surface area contributed by atoms with Gasteiger partial charge in [0.05, 0.1) is 5.56 Å². The van der Waals surface area contributed by atoms with Gasteiger partial charge in [0.2, 0.25) is 0 Å². The number of Topliss-reactive ketones (excluding diaryl/α,β-unsaturated/α-hetero) is 1. The maximum atomic E-state index is 11.8. The first-order valence-corrected chi connectivity index (χ1v) is 5.79. The number of rotatable bonds is 6. The molecule has 0 aliphatic heterocycles. The molecule has 0 fully saturated rings. The third kappa shape index (κ3) is 4.01. The van der Waals surface area contributed by atoms with Crippen molar-refractivity contribution in [1.29, 1.82) is 0 Å². The predicted molar refractivity (Wildman–Crippen MR) is 66.9 cm³/mol. The van der Waals surface area contributed by atoms with Crippen LogP contribution in [0, 0.1) is 0 Å². The van der Waals surface area contributed by atoms with Crippen molar-refractivity contribution in [2.75, 3.05) is 0 Å². The first-order chi connectivity index (χ1) is 8.41. The molecule has 1 aromatic rings. The predicted octanol–water partition coefficient (Wildman–Crippen LogP) is 1.81. The molecule has 0 aliphatic rings. The number of ketones is 1. The molecular weight excluding hydrogens is 258 g/mol. The largest absolute Gasteiger partial charge is 0.507 e. The Balaban J connectivity index is 2.55. The van der Waals surface area contributed by atoms with E-state index in [0.717, 1.165) is 0 Å². The van der Waals surface area contributed by atoms with Gasteiger partial charge < -0.3 is 15.9 Å². The highest BCUT2D eigenvalue weighted by Crippen LogP contribution is 2.23. The monoisotopic (exact) mass is 271 g/mol. The minimum atomic E-state index is -1.09. The highest BCUT2D eigenvalue weighted by molar-refractivity contribution is 6.31. The summed E-state index contributed by atoms with van der Waals surface area (Å²) in [6.07, 6.45) is 0.676. The van der Waals surface area contributed by atoms with Crippen molar-refractivity contribution in [2.24, 2.45) is 5.73 Å². The third-order valence-corrected chi connectivity index (χ3v) is 2.73. The number of aliphatic carboxylic acids is 1. The van der Waals surface area contributed by atoms with Crippen LogP contribution in [-0.4, -0.2) is 28.0 Å². The number of halogens is 1. The van der Waals surface area contributed by atoms with E-state index in [1.807, 2.05) is 0 Å². The number of phenolic OH excluding ortho intramolecular Hbond substituents is 1. The summed E-state index contributed by atoms with van der Waals surface area (Å²) < 4.78 is 0. The minimum absolute atomic E-state index is 0.120. The molecule has 0 amide bonds. The molecule has 1 atom stereocenters. The molecule has 98 valence electrons. The van der Waals surface area contributed by atoms with Gasteiger partial charge in [0, 0.05) is 11.4 Å². The number of carboxylic acid groups (broad SMARTS) is 1. The molecule has 0 spiro atoms. The zero-order valence-corrected chi connectivity index (χ0v) is 10.4. The molecule has 6 heteroatoms. The second-order valence-electron chi connectivity index (χ2n) is 3.92. The average Bonchev–Trinajstić information content (AvgIpc) is 2.31. The number of carboxylic acids is 1. The Labute approximate surface area is 109 Å². The fourth-order valence-electron chi connectivity index (χ4n) is 1.47. The normalized spacial score (nSPS) is 12.1. The average molecular weight is 272 g/mol. The summed E-state index contributed by atoms with van der Waals surface area (Å²) in [5.41, 5.74) is 5.46. The van der Waals surface area contributed by atoms with Crippen LogP contribution < -0.4 is 5.73 Å². The van der Waals surface area contributed by atoms with Crippen molar-refractivity contribution in [1.82, 2.24) is 0 Å². The van der Waals surface area contributed by atoms with E-state index in [1.165, 1.54) is 18.2 Å². The maximum Gasteiger partial charge on any atom is 0.320 e. The smallest absolute Gasteiger partial charge is 0.320 e. The van der Waals surface area contributed by atoms with Crippen LogP contribution in [0.15, 0.2) is 18.2 Å². The topological polar surface area (TPSA) is 101 Å². The Kier molecular flexibility index (Phi) is 5.12. The summed E-state index contributed by atoms with van der Waals surface area (Å²) in [5.74, 6) is -1.51. The summed E-state index contributed by atoms with van der Waals surface area (Å²) in [7, 11) is 0. The van der Waals surface area contributed by atoms with E-state index in [1.54, 1.807) is 0 Å². The molecular formula is C12H14ClNO4. The van der Waals surface area contributed by atoms with Gasteiger partial charge in [0.1, 0.15) is 11.8 Å². The lowest BCUT2D eigenvalue weighted by Crippen LogP contribution is -2.29. The van der Waals surface area contributed by atoms with Crippen LogP contribution in [0.3, 0.4) is 0 Å². The summed E-state index contributed by atoms with van der Waals surface area (Å²) in [6.45, 7) is 0. The summed E-state index contributed by atoms with van der Waals surface area (Å²) in [6, 6.07) is 3.24. The van der Waals surface area contributed by atoms with Crippen LogP contribution in [0.5, 0.6) is 5.75 Å². The third-order valence-electron chi connectivity index (χ3n) is 2.50. The maximum absolute atomic E-state index is 11.8. The summed E-state index contributed by atoms with van der Waals surface area (Å²) in [4.78, 5) is 22.2. The van der Waals surface area contributed by atoms with Gasteiger partial charge in [-0.2, -0.15) is 0 Å². The summed E-state index contributed by atoms with van der Waals surface area (Å²) in [5, 5.41) is 18.4. The number of carbonyl (C=O) groups excluding carboxylic acids is 1. The number of hydrogen-bond acceptors (Lipinski definition) is 4. The van der Waals surface area contributed by atoms with E-state index in [4.69, 9.17) is 22.4 Å². The van der Waals surface area contributed by atoms with E-state index in [9.17, 15) is 14.7 Å². The molecule has 1 unspecified atom stereocenters. The van der Waals surface area contributed by atoms with E-state index >= 15 is 0 Å². The van der Waals surface area contributed by atoms with Crippen molar-refractivity contribution in [2.45, 2.75) is 25.3 Å². The van der Waals surface area contributed by atoms with Crippen LogP contribution in [0.2, 0.25) is 5.02 Å². The lowest BCUT2D eigenvalue weighted by atomic mass is 10.0. The first kappa shape index (κ1) is 14.5. The van der Waals surface area contributed by atoms with E-state index < -0.39 is 12.0 Å². The molecule has 0 saturated heterocycles. The van der Waals surface area contributed by atoms with Crippen molar-refractivity contribution < 1.29 is 19.8 Å². The Hall–Kier alpha value is -1.59. The number of carbonyl (C=O) groups is 2. The lowest BCUT2D eigenvalue weighted by molar-refractivity contribution is -0.138. The fourth-order valence-corrected chi connectivity index (χ4v) is 1.64. The van der Waals surface area contributed by atoms with Crippen LogP contribution in [0.1, 0.15) is 29.6 Å². The molecule has 1 rings (SSSR count). The van der Waals surface area contributed by atoms with Gasteiger partial charge in [0.15, 0.2) is 5.78 Å². The minimum Gasteiger partial charge on any atom is -0.507 e. The van der Waals surface area contributed by atoms with Gasteiger partial charge in [0.25, 0.3) is 0 Å². The van der Waals surface area contributed by atoms with E-state index in [0.29, 0.717) is 11.4 Å². The fraction of sp³-hybridized carbons (Fsp3) is 0.333. The van der Waals surface area contributed by atoms with Crippen LogP contribution in [0.4, 0.5) is 0 Å². The van der Waals surface area contributed by atoms with Gasteiger partial charge in [-0.3, -0.25) is 9.59 Å². The molecule has 5 nitrogen and oxygen atoms in total. The van der Waals surface area contributed by atoms with Gasteiger partial charge in [-0.1, -0.05) is 11.6 Å². The molecule has 0 radical (unpaired) electrons. The lowest BCUT2D eigenvalue weighted by Gasteiger charge is -2.06. The molecule has 0 saturated carbocycles. The van der Waals surface area contributed by atoms with Gasteiger partial charge >= 0.3 is 5.97 Å². The zero-order valence-electron chi connectivity index (χ0n) is 9.60. The Morgan fingerprint density at radius 3 is 2.67 bits per heavy atom. The molecule has 4 N–H and O–H groups in total. The van der Waals surface area contributed by atoms with E-state index in [2.05, 4.69) is 0 Å². The van der Waals surface area contributed by atoms with Crippen LogP contribution >= 0.6 is 11.6 Å². The molecule has 0 aliphatic carbocycles.